The molecule has 1 heterocycles. The predicted octanol–water partition coefficient (Wildman–Crippen LogP) is 3.79. The Balaban J connectivity index is 1.99. The van der Waals surface area contributed by atoms with E-state index in [1.165, 1.54) is 0 Å². The average molecular weight is 325 g/mol. The molecule has 2 rings (SSSR count). The van der Waals surface area contributed by atoms with E-state index in [1.54, 1.807) is 6.92 Å². The van der Waals surface area contributed by atoms with Crippen LogP contribution in [0, 0.1) is 0 Å². The van der Waals surface area contributed by atoms with E-state index in [-0.39, 0.29) is 24.6 Å². The van der Waals surface area contributed by atoms with Gasteiger partial charge in [0.25, 0.3) is 0 Å². The first-order valence-corrected chi connectivity index (χ1v) is 7.21. The van der Waals surface area contributed by atoms with Gasteiger partial charge >= 0.3 is 5.97 Å². The molecular weight excluding hydrogens is 308 g/mol. The van der Waals surface area contributed by atoms with Crippen molar-refractivity contribution in [2.24, 2.45) is 0 Å². The van der Waals surface area contributed by atoms with Gasteiger partial charge in [0.2, 0.25) is 0 Å². The van der Waals surface area contributed by atoms with Crippen molar-refractivity contribution >= 4 is 21.9 Å². The van der Waals surface area contributed by atoms with Gasteiger partial charge < -0.3 is 9.47 Å². The summed E-state index contributed by atoms with van der Waals surface area (Å²) in [4.78, 5) is 11.5. The molecule has 0 aromatic heterocycles. The second-order valence-corrected chi connectivity index (χ2v) is 5.31. The minimum absolute atomic E-state index is 0.00178. The van der Waals surface area contributed by atoms with Crippen molar-refractivity contribution in [1.82, 2.24) is 0 Å². The largest absolute Gasteiger partial charge is 0.466 e. The molecule has 0 spiro atoms. The molecule has 2 atom stereocenters. The molecule has 0 bridgehead atoms. The van der Waals surface area contributed by atoms with Crippen molar-refractivity contribution in [1.29, 1.82) is 0 Å². The number of halogens is 1. The average Bonchev–Trinajstić information content (AvgIpc) is 2.39. The number of benzene rings is 1. The van der Waals surface area contributed by atoms with Crippen molar-refractivity contribution in [2.75, 3.05) is 6.61 Å². The van der Waals surface area contributed by atoms with E-state index >= 15 is 0 Å². The Morgan fingerprint density at radius 2 is 2.37 bits per heavy atom. The molecule has 1 aromatic rings. The Bertz CT molecular complexity index is 470. The van der Waals surface area contributed by atoms with Crippen LogP contribution in [0.25, 0.3) is 0 Å². The van der Waals surface area contributed by atoms with E-state index in [2.05, 4.69) is 22.0 Å². The maximum atomic E-state index is 11.5. The van der Waals surface area contributed by atoms with E-state index in [4.69, 9.17) is 9.47 Å². The van der Waals surface area contributed by atoms with Crippen molar-refractivity contribution in [3.63, 3.8) is 0 Å². The molecule has 0 amide bonds. The molecule has 1 aliphatic heterocycles. The lowest BCUT2D eigenvalue weighted by molar-refractivity contribution is -0.146. The van der Waals surface area contributed by atoms with Gasteiger partial charge in [-0.3, -0.25) is 4.79 Å². The number of hydrogen-bond donors (Lipinski definition) is 0. The van der Waals surface area contributed by atoms with E-state index in [9.17, 15) is 4.79 Å². The zero-order chi connectivity index (χ0) is 13.7. The van der Waals surface area contributed by atoms with Crippen molar-refractivity contribution in [3.8, 4) is 0 Å². The first kappa shape index (κ1) is 14.3. The molecule has 3 nitrogen and oxygen atoms in total. The van der Waals surface area contributed by atoms with Gasteiger partial charge in [-0.15, -0.1) is 0 Å². The third-order valence-corrected chi connectivity index (χ3v) is 3.43. The van der Waals surface area contributed by atoms with Crippen LogP contribution >= 0.6 is 15.9 Å². The molecule has 0 saturated heterocycles. The highest BCUT2D eigenvalue weighted by Crippen LogP contribution is 2.29. The highest BCUT2D eigenvalue weighted by molar-refractivity contribution is 9.10. The summed E-state index contributed by atoms with van der Waals surface area (Å²) in [5.41, 5.74) is 1.12. The summed E-state index contributed by atoms with van der Waals surface area (Å²) in [5.74, 6) is -0.216. The quantitative estimate of drug-likeness (QED) is 0.624. The van der Waals surface area contributed by atoms with Crippen LogP contribution in [0.4, 0.5) is 0 Å². The van der Waals surface area contributed by atoms with Gasteiger partial charge in [-0.1, -0.05) is 40.2 Å². The number of carbonyl (C=O) groups excluding carboxylic acids is 1. The van der Waals surface area contributed by atoms with Crippen LogP contribution in [0.1, 0.15) is 31.4 Å². The highest BCUT2D eigenvalue weighted by Gasteiger charge is 2.22. The predicted molar refractivity (Wildman–Crippen MR) is 76.8 cm³/mol. The fraction of sp³-hybridized carbons (Fsp3) is 0.400. The maximum Gasteiger partial charge on any atom is 0.308 e. The number of esters is 1. The molecular formula is C15H17BrO3. The van der Waals surface area contributed by atoms with Crippen molar-refractivity contribution < 1.29 is 14.3 Å². The summed E-state index contributed by atoms with van der Waals surface area (Å²) in [6.45, 7) is 2.21. The highest BCUT2D eigenvalue weighted by atomic mass is 79.9. The smallest absolute Gasteiger partial charge is 0.308 e. The lowest BCUT2D eigenvalue weighted by Gasteiger charge is -2.26. The van der Waals surface area contributed by atoms with Gasteiger partial charge in [-0.2, -0.15) is 0 Å². The Hall–Kier alpha value is -1.13. The third kappa shape index (κ3) is 4.18. The number of hydrogen-bond acceptors (Lipinski definition) is 3. The number of rotatable bonds is 4. The summed E-state index contributed by atoms with van der Waals surface area (Å²) < 4.78 is 11.9. The number of ether oxygens (including phenoxy) is 2. The minimum atomic E-state index is -0.216. The van der Waals surface area contributed by atoms with Crippen LogP contribution in [-0.2, 0) is 14.3 Å². The van der Waals surface area contributed by atoms with Crippen LogP contribution in [0.3, 0.4) is 0 Å². The summed E-state index contributed by atoms with van der Waals surface area (Å²) in [7, 11) is 0. The van der Waals surface area contributed by atoms with Crippen LogP contribution < -0.4 is 0 Å². The van der Waals surface area contributed by atoms with Gasteiger partial charge in [0.15, 0.2) is 0 Å². The minimum Gasteiger partial charge on any atom is -0.466 e. The molecule has 102 valence electrons. The monoisotopic (exact) mass is 324 g/mol. The fourth-order valence-corrected chi connectivity index (χ4v) is 2.50. The van der Waals surface area contributed by atoms with Crippen molar-refractivity contribution in [2.45, 2.75) is 32.0 Å². The molecule has 19 heavy (non-hydrogen) atoms. The van der Waals surface area contributed by atoms with Gasteiger partial charge in [-0.25, -0.2) is 0 Å². The standard InChI is InChI=1S/C15H17BrO3/c1-2-18-15(17)10-13-7-4-8-14(19-13)11-5-3-6-12(16)9-11/h3-7,9,13-14H,2,8,10H2,1H3/t13-,14+/m0/s1. The molecule has 0 unspecified atom stereocenters. The van der Waals surface area contributed by atoms with Gasteiger partial charge in [-0.05, 0) is 31.0 Å². The van der Waals surface area contributed by atoms with E-state index < -0.39 is 0 Å². The molecule has 1 aromatic carbocycles. The maximum absolute atomic E-state index is 11.5. The summed E-state index contributed by atoms with van der Waals surface area (Å²) in [6.07, 6.45) is 4.91. The van der Waals surface area contributed by atoms with Crippen molar-refractivity contribution in [3.05, 3.63) is 46.5 Å². The molecule has 0 N–H and O–H groups in total. The van der Waals surface area contributed by atoms with Crippen LogP contribution in [0.5, 0.6) is 0 Å². The Morgan fingerprint density at radius 1 is 1.53 bits per heavy atom. The van der Waals surface area contributed by atoms with Gasteiger partial charge in [0, 0.05) is 4.47 Å². The van der Waals surface area contributed by atoms with Gasteiger partial charge in [0.05, 0.1) is 25.2 Å². The molecule has 4 heteroatoms. The summed E-state index contributed by atoms with van der Waals surface area (Å²) in [5, 5.41) is 0. The summed E-state index contributed by atoms with van der Waals surface area (Å²) in [6, 6.07) is 8.06. The molecule has 0 fully saturated rings. The van der Waals surface area contributed by atoms with Gasteiger partial charge in [0.1, 0.15) is 0 Å². The van der Waals surface area contributed by atoms with E-state index in [1.807, 2.05) is 30.3 Å². The number of carbonyl (C=O) groups is 1. The summed E-state index contributed by atoms with van der Waals surface area (Å²) >= 11 is 3.46. The molecule has 0 saturated carbocycles. The first-order valence-electron chi connectivity index (χ1n) is 6.42. The zero-order valence-corrected chi connectivity index (χ0v) is 12.4. The van der Waals surface area contributed by atoms with E-state index in [0.29, 0.717) is 6.61 Å². The SMILES string of the molecule is CCOC(=O)C[C@@H]1C=CC[C@H](c2cccc(Br)c2)O1. The second-order valence-electron chi connectivity index (χ2n) is 4.39. The third-order valence-electron chi connectivity index (χ3n) is 2.93. The van der Waals surface area contributed by atoms with Crippen LogP contribution in [-0.4, -0.2) is 18.7 Å². The molecule has 1 aliphatic rings. The first-order chi connectivity index (χ1) is 9.19. The lowest BCUT2D eigenvalue weighted by atomic mass is 10.0. The van der Waals surface area contributed by atoms with Crippen LogP contribution in [0.15, 0.2) is 40.9 Å². The topological polar surface area (TPSA) is 35.5 Å². The Morgan fingerprint density at radius 3 is 3.11 bits per heavy atom. The lowest BCUT2D eigenvalue weighted by Crippen LogP contribution is -2.22. The Labute approximate surface area is 121 Å². The fourth-order valence-electron chi connectivity index (χ4n) is 2.09. The normalized spacial score (nSPS) is 22.2. The zero-order valence-electron chi connectivity index (χ0n) is 10.8. The van der Waals surface area contributed by atoms with E-state index in [0.717, 1.165) is 16.5 Å². The Kier molecular flexibility index (Phi) is 5.16. The molecule has 0 radical (unpaired) electrons. The second kappa shape index (κ2) is 6.87. The van der Waals surface area contributed by atoms with Crippen LogP contribution in [0.2, 0.25) is 0 Å². The molecule has 0 aliphatic carbocycles.